The highest BCUT2D eigenvalue weighted by Gasteiger charge is 2.22. The third-order valence-electron chi connectivity index (χ3n) is 4.73. The normalized spacial score (nSPS) is 29.2. The fraction of sp³-hybridized carbons (Fsp3) is 0.684. The second-order valence-corrected chi connectivity index (χ2v) is 8.74. The molecule has 3 N–H and O–H groups in total. The maximum Gasteiger partial charge on any atom is 0.108 e. The molecule has 0 spiro atoms. The van der Waals surface area contributed by atoms with Crippen LogP contribution >= 0.6 is 0 Å². The minimum Gasteiger partial charge on any atom is -0.394 e. The Balaban J connectivity index is 1.73. The Hall–Kier alpha value is -0.930. The van der Waals surface area contributed by atoms with E-state index in [1.165, 1.54) is 12.8 Å². The minimum absolute atomic E-state index is 0.0791. The Labute approximate surface area is 148 Å². The number of hydrogen-bond donors (Lipinski definition) is 2. The molecule has 0 saturated heterocycles. The first kappa shape index (κ1) is 19.4. The summed E-state index contributed by atoms with van der Waals surface area (Å²) in [5, 5.41) is 9.18. The largest absolute Gasteiger partial charge is 0.394 e. The molecule has 1 aliphatic heterocycles. The van der Waals surface area contributed by atoms with E-state index in [9.17, 15) is 9.32 Å². The molecule has 1 heterocycles. The highest BCUT2D eigenvalue weighted by molar-refractivity contribution is 7.93. The number of aliphatic hydroxyl groups is 1. The number of hydrogen-bond acceptors (Lipinski definition) is 4. The van der Waals surface area contributed by atoms with Crippen molar-refractivity contribution in [2.45, 2.75) is 64.0 Å². The Morgan fingerprint density at radius 3 is 2.75 bits per heavy atom. The molecule has 0 bridgehead atoms. The Morgan fingerprint density at radius 1 is 1.38 bits per heavy atom. The van der Waals surface area contributed by atoms with E-state index >= 15 is 0 Å². The van der Waals surface area contributed by atoms with Crippen molar-refractivity contribution in [3.63, 3.8) is 0 Å². The van der Waals surface area contributed by atoms with E-state index in [4.69, 9.17) is 10.5 Å². The van der Waals surface area contributed by atoms with Gasteiger partial charge in [0.2, 0.25) is 0 Å². The van der Waals surface area contributed by atoms with Crippen LogP contribution in [-0.4, -0.2) is 34.2 Å². The van der Waals surface area contributed by atoms with Crippen molar-refractivity contribution < 1.29 is 14.1 Å². The third-order valence-corrected chi connectivity index (χ3v) is 6.18. The zero-order valence-electron chi connectivity index (χ0n) is 14.7. The summed E-state index contributed by atoms with van der Waals surface area (Å²) in [4.78, 5) is 1.46. The average molecular weight is 352 g/mol. The van der Waals surface area contributed by atoms with E-state index in [0.29, 0.717) is 30.5 Å². The predicted octanol–water partition coefficient (Wildman–Crippen LogP) is 2.61. The van der Waals surface area contributed by atoms with Crippen LogP contribution in [0.4, 0.5) is 0 Å². The average Bonchev–Trinajstić information content (AvgIpc) is 2.92. The van der Waals surface area contributed by atoms with E-state index < -0.39 is 16.3 Å². The van der Waals surface area contributed by atoms with Crippen LogP contribution in [0.3, 0.4) is 0 Å². The van der Waals surface area contributed by atoms with Crippen LogP contribution in [0.15, 0.2) is 22.0 Å². The number of nitrogens with two attached hydrogens (primary N) is 1. The number of ether oxygens (including phenoxy) is 1. The second kappa shape index (κ2) is 8.96. The molecule has 1 saturated carbocycles. The Morgan fingerprint density at radius 2 is 2.08 bits per heavy atom. The first-order valence-electron chi connectivity index (χ1n) is 8.74. The van der Waals surface area contributed by atoms with Gasteiger partial charge in [-0.25, -0.2) is 4.21 Å². The van der Waals surface area contributed by atoms with Gasteiger partial charge in [0.05, 0.1) is 28.4 Å². The van der Waals surface area contributed by atoms with E-state index in [1.807, 2.05) is 12.2 Å². The molecule has 0 radical (unpaired) electrons. The van der Waals surface area contributed by atoms with E-state index in [2.05, 4.69) is 18.8 Å². The molecule has 5 heteroatoms. The second-order valence-electron chi connectivity index (χ2n) is 7.24. The molecular weight excluding hydrogens is 322 g/mol. The van der Waals surface area contributed by atoms with Gasteiger partial charge in [-0.2, -0.15) is 0 Å². The molecule has 1 fully saturated rings. The first-order valence-corrected chi connectivity index (χ1v) is 9.89. The number of allylic oxidation sites excluding steroid dienone is 4. The third kappa shape index (κ3) is 5.86. The van der Waals surface area contributed by atoms with Crippen LogP contribution in [0.25, 0.3) is 0 Å². The lowest BCUT2D eigenvalue weighted by molar-refractivity contribution is 0.0396. The monoisotopic (exact) mass is 351 g/mol. The van der Waals surface area contributed by atoms with Crippen LogP contribution in [0.2, 0.25) is 0 Å². The molecule has 2 unspecified atom stereocenters. The fourth-order valence-corrected chi connectivity index (χ4v) is 3.98. The summed E-state index contributed by atoms with van der Waals surface area (Å²) in [6.45, 7) is 4.40. The van der Waals surface area contributed by atoms with E-state index in [1.54, 1.807) is 6.92 Å². The maximum atomic E-state index is 12.4. The van der Waals surface area contributed by atoms with Gasteiger partial charge >= 0.3 is 0 Å². The predicted molar refractivity (Wildman–Crippen MR) is 98.4 cm³/mol. The molecule has 4 nitrogen and oxygen atoms in total. The van der Waals surface area contributed by atoms with Gasteiger partial charge in [-0.3, -0.25) is 0 Å². The SMILES string of the molecule is CC1CCC(OCC#CC2=CC=C(CCC(C)(N)CO)S2=O)CC1. The van der Waals surface area contributed by atoms with Gasteiger partial charge in [0.25, 0.3) is 0 Å². The van der Waals surface area contributed by atoms with Gasteiger partial charge in [-0.1, -0.05) is 18.8 Å². The topological polar surface area (TPSA) is 72.6 Å². The quantitative estimate of drug-likeness (QED) is 0.722. The summed E-state index contributed by atoms with van der Waals surface area (Å²) in [5.41, 5.74) is 5.28. The number of aliphatic hydroxyl groups excluding tert-OH is 1. The van der Waals surface area contributed by atoms with E-state index in [0.717, 1.165) is 23.7 Å². The smallest absolute Gasteiger partial charge is 0.108 e. The highest BCUT2D eigenvalue weighted by Crippen LogP contribution is 2.26. The molecule has 1 aliphatic carbocycles. The van der Waals surface area contributed by atoms with Crippen molar-refractivity contribution in [3.8, 4) is 11.8 Å². The van der Waals surface area contributed by atoms with Crippen LogP contribution in [-0.2, 0) is 15.5 Å². The lowest BCUT2D eigenvalue weighted by atomic mass is 9.89. The summed E-state index contributed by atoms with van der Waals surface area (Å²) in [6.07, 6.45) is 9.90. The molecule has 24 heavy (non-hydrogen) atoms. The summed E-state index contributed by atoms with van der Waals surface area (Å²) >= 11 is 0. The van der Waals surface area contributed by atoms with Crippen molar-refractivity contribution >= 4 is 10.8 Å². The number of rotatable bonds is 6. The zero-order chi connectivity index (χ0) is 17.6. The van der Waals surface area contributed by atoms with Crippen molar-refractivity contribution in [3.05, 3.63) is 22.0 Å². The highest BCUT2D eigenvalue weighted by atomic mass is 32.2. The van der Waals surface area contributed by atoms with Crippen molar-refractivity contribution in [2.24, 2.45) is 11.7 Å². The maximum absolute atomic E-state index is 12.4. The minimum atomic E-state index is -1.19. The van der Waals surface area contributed by atoms with Gasteiger partial charge in [-0.15, -0.1) is 0 Å². The zero-order valence-corrected chi connectivity index (χ0v) is 15.5. The van der Waals surface area contributed by atoms with Gasteiger partial charge in [0.15, 0.2) is 0 Å². The summed E-state index contributed by atoms with van der Waals surface area (Å²) < 4.78 is 18.2. The van der Waals surface area contributed by atoms with Crippen LogP contribution in [0, 0.1) is 17.8 Å². The molecule has 0 amide bonds. The molecule has 0 aromatic heterocycles. The van der Waals surface area contributed by atoms with Gasteiger partial charge < -0.3 is 15.6 Å². The van der Waals surface area contributed by atoms with Crippen LogP contribution in [0.1, 0.15) is 52.4 Å². The molecule has 0 aromatic carbocycles. The Kier molecular flexibility index (Phi) is 7.24. The summed E-state index contributed by atoms with van der Waals surface area (Å²) in [6, 6.07) is 0. The van der Waals surface area contributed by atoms with Gasteiger partial charge in [0, 0.05) is 10.4 Å². The molecule has 2 atom stereocenters. The fourth-order valence-electron chi connectivity index (χ4n) is 2.86. The lowest BCUT2D eigenvalue weighted by Crippen LogP contribution is -2.40. The van der Waals surface area contributed by atoms with Crippen LogP contribution in [0.5, 0.6) is 0 Å². The van der Waals surface area contributed by atoms with Gasteiger partial charge in [0.1, 0.15) is 6.61 Å². The Bertz CT molecular complexity index is 575. The molecule has 2 aliphatic rings. The van der Waals surface area contributed by atoms with Gasteiger partial charge in [-0.05, 0) is 63.5 Å². The molecular formula is C19H29NO3S. The first-order chi connectivity index (χ1) is 11.4. The lowest BCUT2D eigenvalue weighted by Gasteiger charge is -2.25. The molecule has 0 aromatic rings. The van der Waals surface area contributed by atoms with Crippen molar-refractivity contribution in [1.82, 2.24) is 0 Å². The molecule has 134 valence electrons. The van der Waals surface area contributed by atoms with E-state index in [-0.39, 0.29) is 6.61 Å². The van der Waals surface area contributed by atoms with Crippen LogP contribution < -0.4 is 5.73 Å². The van der Waals surface area contributed by atoms with Crippen molar-refractivity contribution in [2.75, 3.05) is 13.2 Å². The van der Waals surface area contributed by atoms with Crippen molar-refractivity contribution in [1.29, 1.82) is 0 Å². The summed E-state index contributed by atoms with van der Waals surface area (Å²) in [7, 11) is -1.19. The molecule has 2 rings (SSSR count). The standard InChI is InChI=1S/C19H29NO3S/c1-15-5-7-16(8-6-15)23-13-3-4-17-9-10-18(24(17)22)11-12-19(2,20)14-21/h9-10,15-16,21H,5-8,11-14,20H2,1-2H3. The summed E-state index contributed by atoms with van der Waals surface area (Å²) in [5.74, 6) is 6.78.